The molecule has 2 saturated heterocycles. The Balaban J connectivity index is 1.74. The Hall–Kier alpha value is -2.05. The molecule has 2 aliphatic rings. The van der Waals surface area contributed by atoms with Gasteiger partial charge in [-0.1, -0.05) is 0 Å². The number of aromatic nitrogens is 2. The van der Waals surface area contributed by atoms with Crippen molar-refractivity contribution in [2.75, 3.05) is 26.2 Å². The van der Waals surface area contributed by atoms with Gasteiger partial charge in [0.05, 0.1) is 11.6 Å². The third kappa shape index (κ3) is 3.12. The van der Waals surface area contributed by atoms with E-state index in [4.69, 9.17) is 0 Å². The highest BCUT2D eigenvalue weighted by atomic mass is 16.2. The molecule has 2 aliphatic heterocycles. The maximum atomic E-state index is 12.9. The Labute approximate surface area is 143 Å². The third-order valence-corrected chi connectivity index (χ3v) is 4.76. The van der Waals surface area contributed by atoms with Gasteiger partial charge in [0.2, 0.25) is 0 Å². The van der Waals surface area contributed by atoms with Crippen molar-refractivity contribution < 1.29 is 9.59 Å². The summed E-state index contributed by atoms with van der Waals surface area (Å²) in [5, 5.41) is 7.36. The minimum Gasteiger partial charge on any atom is -0.336 e. The van der Waals surface area contributed by atoms with Crippen LogP contribution in [-0.4, -0.2) is 63.7 Å². The molecule has 0 aromatic carbocycles. The van der Waals surface area contributed by atoms with E-state index in [1.165, 1.54) is 0 Å². The molecule has 0 aliphatic carbocycles. The Morgan fingerprint density at radius 1 is 1.33 bits per heavy atom. The van der Waals surface area contributed by atoms with E-state index in [0.717, 1.165) is 31.6 Å². The van der Waals surface area contributed by atoms with Crippen LogP contribution in [0.25, 0.3) is 0 Å². The van der Waals surface area contributed by atoms with Crippen molar-refractivity contribution in [3.63, 3.8) is 0 Å². The molecule has 132 valence electrons. The maximum Gasteiger partial charge on any atom is 0.317 e. The van der Waals surface area contributed by atoms with Crippen LogP contribution in [0.4, 0.5) is 4.79 Å². The highest BCUT2D eigenvalue weighted by Gasteiger charge is 2.34. The molecule has 0 bridgehead atoms. The lowest BCUT2D eigenvalue weighted by molar-refractivity contribution is 0.0627. The normalized spacial score (nSPS) is 22.0. The fourth-order valence-electron chi connectivity index (χ4n) is 3.65. The Morgan fingerprint density at radius 2 is 2.08 bits per heavy atom. The highest BCUT2D eigenvalue weighted by Crippen LogP contribution is 2.21. The summed E-state index contributed by atoms with van der Waals surface area (Å²) in [6.45, 7) is 10.9. The molecule has 3 rings (SSSR count). The first-order valence-electron chi connectivity index (χ1n) is 8.68. The lowest BCUT2D eigenvalue weighted by Crippen LogP contribution is -2.50. The van der Waals surface area contributed by atoms with E-state index in [9.17, 15) is 9.59 Å². The highest BCUT2D eigenvalue weighted by molar-refractivity contribution is 5.92. The molecule has 3 amide bonds. The van der Waals surface area contributed by atoms with Crippen LogP contribution in [0.2, 0.25) is 0 Å². The van der Waals surface area contributed by atoms with Crippen LogP contribution < -0.4 is 5.32 Å². The van der Waals surface area contributed by atoms with Gasteiger partial charge in [-0.2, -0.15) is 5.10 Å². The molecular formula is C17H27N5O2. The monoisotopic (exact) mass is 333 g/mol. The van der Waals surface area contributed by atoms with Gasteiger partial charge in [-0.25, -0.2) is 4.79 Å². The summed E-state index contributed by atoms with van der Waals surface area (Å²) in [5.74, 6) is -0.0367. The first kappa shape index (κ1) is 16.8. The van der Waals surface area contributed by atoms with Gasteiger partial charge in [0.1, 0.15) is 0 Å². The van der Waals surface area contributed by atoms with Crippen molar-refractivity contribution in [2.24, 2.45) is 0 Å². The molecule has 3 heterocycles. The van der Waals surface area contributed by atoms with Gasteiger partial charge >= 0.3 is 6.03 Å². The summed E-state index contributed by atoms with van der Waals surface area (Å²) in [5.41, 5.74) is 1.33. The number of rotatable bonds is 2. The molecule has 0 spiro atoms. The van der Waals surface area contributed by atoms with Crippen LogP contribution in [0.15, 0.2) is 6.07 Å². The van der Waals surface area contributed by atoms with Crippen molar-refractivity contribution in [3.8, 4) is 0 Å². The zero-order valence-electron chi connectivity index (χ0n) is 15.0. The average Bonchev–Trinajstić information content (AvgIpc) is 3.12. The number of nitrogens with zero attached hydrogens (tertiary/aromatic N) is 4. The van der Waals surface area contributed by atoms with Gasteiger partial charge < -0.3 is 15.1 Å². The molecule has 7 heteroatoms. The van der Waals surface area contributed by atoms with Crippen LogP contribution in [-0.2, 0) is 5.54 Å². The summed E-state index contributed by atoms with van der Waals surface area (Å²) >= 11 is 0. The SMILES string of the molecule is Cc1cc(C(=O)N2CCC[C@@H](N3CCNC3=O)C2)nn1C(C)(C)C. The fourth-order valence-corrected chi connectivity index (χ4v) is 3.65. The van der Waals surface area contributed by atoms with Gasteiger partial charge in [0.25, 0.3) is 5.91 Å². The molecule has 1 atom stereocenters. The van der Waals surface area contributed by atoms with E-state index in [1.807, 2.05) is 27.5 Å². The van der Waals surface area contributed by atoms with Crippen LogP contribution in [0.5, 0.6) is 0 Å². The molecule has 1 aromatic rings. The van der Waals surface area contributed by atoms with Gasteiger partial charge in [-0.3, -0.25) is 9.48 Å². The second-order valence-electron chi connectivity index (χ2n) is 7.73. The Morgan fingerprint density at radius 3 is 2.67 bits per heavy atom. The molecule has 1 N–H and O–H groups in total. The molecule has 7 nitrogen and oxygen atoms in total. The number of urea groups is 1. The van der Waals surface area contributed by atoms with Crippen molar-refractivity contribution in [1.82, 2.24) is 24.9 Å². The maximum absolute atomic E-state index is 12.9. The Bertz CT molecular complexity index is 646. The number of hydrogen-bond acceptors (Lipinski definition) is 3. The predicted molar refractivity (Wildman–Crippen MR) is 91.0 cm³/mol. The van der Waals surface area contributed by atoms with Crippen LogP contribution in [0.3, 0.4) is 0 Å². The van der Waals surface area contributed by atoms with Crippen LogP contribution in [0, 0.1) is 6.92 Å². The quantitative estimate of drug-likeness (QED) is 0.893. The largest absolute Gasteiger partial charge is 0.336 e. The number of amides is 3. The smallest absolute Gasteiger partial charge is 0.317 e. The minimum atomic E-state index is -0.152. The summed E-state index contributed by atoms with van der Waals surface area (Å²) < 4.78 is 1.90. The molecule has 0 unspecified atom stereocenters. The van der Waals surface area contributed by atoms with Crippen LogP contribution in [0.1, 0.15) is 49.8 Å². The first-order valence-corrected chi connectivity index (χ1v) is 8.68. The van der Waals surface area contributed by atoms with Crippen LogP contribution >= 0.6 is 0 Å². The number of aryl methyl sites for hydroxylation is 1. The van der Waals surface area contributed by atoms with E-state index in [2.05, 4.69) is 31.2 Å². The Kier molecular flexibility index (Phi) is 4.27. The van der Waals surface area contributed by atoms with Crippen molar-refractivity contribution in [1.29, 1.82) is 0 Å². The molecular weight excluding hydrogens is 306 g/mol. The molecule has 0 saturated carbocycles. The van der Waals surface area contributed by atoms with E-state index in [-0.39, 0.29) is 23.5 Å². The fraction of sp³-hybridized carbons (Fsp3) is 0.706. The average molecular weight is 333 g/mol. The standard InChI is InChI=1S/C17H27N5O2/c1-12-10-14(19-22(12)17(2,3)4)15(23)20-8-5-6-13(11-20)21-9-7-18-16(21)24/h10,13H,5-9,11H2,1-4H3,(H,18,24)/t13-/m1/s1. The van der Waals surface area contributed by atoms with Gasteiger partial charge in [0, 0.05) is 31.9 Å². The summed E-state index contributed by atoms with van der Waals surface area (Å²) in [4.78, 5) is 28.4. The zero-order chi connectivity index (χ0) is 17.5. The molecule has 24 heavy (non-hydrogen) atoms. The van der Waals surface area contributed by atoms with Gasteiger partial charge in [0.15, 0.2) is 5.69 Å². The molecule has 2 fully saturated rings. The minimum absolute atomic E-state index is 0.0119. The van der Waals surface area contributed by atoms with Crippen molar-refractivity contribution in [3.05, 3.63) is 17.5 Å². The molecule has 0 radical (unpaired) electrons. The van der Waals surface area contributed by atoms with Crippen molar-refractivity contribution >= 4 is 11.9 Å². The number of carbonyl (C=O) groups excluding carboxylic acids is 2. The second-order valence-corrected chi connectivity index (χ2v) is 7.73. The lowest BCUT2D eigenvalue weighted by atomic mass is 10.0. The summed E-state index contributed by atoms with van der Waals surface area (Å²) in [6, 6.07) is 1.96. The number of hydrogen-bond donors (Lipinski definition) is 1. The predicted octanol–water partition coefficient (Wildman–Crippen LogP) is 1.58. The number of likely N-dealkylation sites (tertiary alicyclic amines) is 1. The summed E-state index contributed by atoms with van der Waals surface area (Å²) in [7, 11) is 0. The number of piperidine rings is 1. The van der Waals surface area contributed by atoms with E-state index in [1.54, 1.807) is 0 Å². The topological polar surface area (TPSA) is 70.5 Å². The second kappa shape index (κ2) is 6.11. The lowest BCUT2D eigenvalue weighted by Gasteiger charge is -2.36. The van der Waals surface area contributed by atoms with Gasteiger partial charge in [-0.05, 0) is 46.6 Å². The van der Waals surface area contributed by atoms with E-state index in [0.29, 0.717) is 18.8 Å². The molecule has 1 aromatic heterocycles. The van der Waals surface area contributed by atoms with Crippen molar-refractivity contribution in [2.45, 2.75) is 52.1 Å². The summed E-state index contributed by atoms with van der Waals surface area (Å²) in [6.07, 6.45) is 1.87. The van der Waals surface area contributed by atoms with E-state index >= 15 is 0 Å². The van der Waals surface area contributed by atoms with Gasteiger partial charge in [-0.15, -0.1) is 0 Å². The third-order valence-electron chi connectivity index (χ3n) is 4.76. The first-order chi connectivity index (χ1) is 11.3. The number of nitrogens with one attached hydrogen (secondary N) is 1. The number of carbonyl (C=O) groups is 2. The van der Waals surface area contributed by atoms with E-state index < -0.39 is 0 Å². The zero-order valence-corrected chi connectivity index (χ0v) is 15.0.